The molecule has 0 bridgehead atoms. The van der Waals surface area contributed by atoms with E-state index in [1.54, 1.807) is 6.07 Å². The van der Waals surface area contributed by atoms with E-state index in [0.29, 0.717) is 11.3 Å². The van der Waals surface area contributed by atoms with Crippen molar-refractivity contribution in [3.8, 4) is 0 Å². The molecule has 0 aromatic heterocycles. The summed E-state index contributed by atoms with van der Waals surface area (Å²) in [7, 11) is 0. The summed E-state index contributed by atoms with van der Waals surface area (Å²) in [5.74, 6) is -0.131. The molecule has 1 unspecified atom stereocenters. The van der Waals surface area contributed by atoms with Gasteiger partial charge in [-0.2, -0.15) is 0 Å². The Balaban J connectivity index is 2.17. The zero-order chi connectivity index (χ0) is 14.7. The lowest BCUT2D eigenvalue weighted by atomic mass is 10.1. The van der Waals surface area contributed by atoms with E-state index in [2.05, 4.69) is 37.2 Å². The minimum absolute atomic E-state index is 0.114. The molecular weight excluding hydrogens is 384 g/mol. The Morgan fingerprint density at radius 1 is 1.20 bits per heavy atom. The van der Waals surface area contributed by atoms with Crippen LogP contribution in [0.15, 0.2) is 51.4 Å². The van der Waals surface area contributed by atoms with Crippen molar-refractivity contribution in [3.05, 3.63) is 62.5 Å². The van der Waals surface area contributed by atoms with Crippen LogP contribution in [0, 0.1) is 0 Å². The molecule has 20 heavy (non-hydrogen) atoms. The monoisotopic (exact) mass is 396 g/mol. The summed E-state index contributed by atoms with van der Waals surface area (Å²) in [6.45, 7) is 1.93. The van der Waals surface area contributed by atoms with E-state index in [-0.39, 0.29) is 11.9 Å². The summed E-state index contributed by atoms with van der Waals surface area (Å²) in [6, 6.07) is 12.9. The van der Waals surface area contributed by atoms with Crippen LogP contribution < -0.4 is 11.1 Å². The van der Waals surface area contributed by atoms with Crippen LogP contribution in [0.4, 0.5) is 5.69 Å². The van der Waals surface area contributed by atoms with Crippen molar-refractivity contribution in [2.75, 3.05) is 5.73 Å². The fourth-order valence-electron chi connectivity index (χ4n) is 1.86. The van der Waals surface area contributed by atoms with E-state index in [1.807, 2.05) is 43.3 Å². The summed E-state index contributed by atoms with van der Waals surface area (Å²) in [4.78, 5) is 12.3. The number of rotatable bonds is 3. The second-order valence-electron chi connectivity index (χ2n) is 4.49. The van der Waals surface area contributed by atoms with E-state index >= 15 is 0 Å². The summed E-state index contributed by atoms with van der Waals surface area (Å²) < 4.78 is 1.63. The molecule has 104 valence electrons. The number of hydrogen-bond acceptors (Lipinski definition) is 2. The Kier molecular flexibility index (Phi) is 4.83. The first kappa shape index (κ1) is 15.1. The standard InChI is InChI=1S/C15H14Br2N2O/c1-9(10-3-2-4-12(18)7-10)19-15(20)13-8-11(16)5-6-14(13)17/h2-9H,18H2,1H3,(H,19,20). The van der Waals surface area contributed by atoms with E-state index in [4.69, 9.17) is 5.73 Å². The van der Waals surface area contributed by atoms with E-state index in [9.17, 15) is 4.79 Å². The summed E-state index contributed by atoms with van der Waals surface area (Å²) >= 11 is 6.76. The third-order valence-corrected chi connectivity index (χ3v) is 4.12. The molecule has 1 atom stereocenters. The number of nitrogens with one attached hydrogen (secondary N) is 1. The van der Waals surface area contributed by atoms with Crippen LogP contribution >= 0.6 is 31.9 Å². The van der Waals surface area contributed by atoms with Crippen LogP contribution in [0.3, 0.4) is 0 Å². The second kappa shape index (κ2) is 6.41. The molecule has 3 nitrogen and oxygen atoms in total. The van der Waals surface area contributed by atoms with Gasteiger partial charge in [0.2, 0.25) is 0 Å². The quantitative estimate of drug-likeness (QED) is 0.759. The SMILES string of the molecule is CC(NC(=O)c1cc(Br)ccc1Br)c1cccc(N)c1. The maximum absolute atomic E-state index is 12.3. The Bertz CT molecular complexity index is 644. The van der Waals surface area contributed by atoms with Gasteiger partial charge in [-0.3, -0.25) is 4.79 Å². The average Bonchev–Trinajstić information content (AvgIpc) is 2.41. The van der Waals surface area contributed by atoms with Crippen molar-refractivity contribution in [2.24, 2.45) is 0 Å². The van der Waals surface area contributed by atoms with Gasteiger partial charge in [0.25, 0.3) is 5.91 Å². The Morgan fingerprint density at radius 2 is 1.95 bits per heavy atom. The number of halogens is 2. The number of carbonyl (C=O) groups is 1. The van der Waals surface area contributed by atoms with Gasteiger partial charge in [0, 0.05) is 14.6 Å². The molecular formula is C15H14Br2N2O. The highest BCUT2D eigenvalue weighted by atomic mass is 79.9. The minimum Gasteiger partial charge on any atom is -0.399 e. The zero-order valence-corrected chi connectivity index (χ0v) is 14.0. The van der Waals surface area contributed by atoms with Crippen LogP contribution in [0.2, 0.25) is 0 Å². The normalized spacial score (nSPS) is 11.9. The van der Waals surface area contributed by atoms with Gasteiger partial charge < -0.3 is 11.1 Å². The first-order valence-corrected chi connectivity index (χ1v) is 7.67. The number of carbonyl (C=O) groups excluding carboxylic acids is 1. The fraction of sp³-hybridized carbons (Fsp3) is 0.133. The zero-order valence-electron chi connectivity index (χ0n) is 10.9. The molecule has 0 radical (unpaired) electrons. The number of hydrogen-bond donors (Lipinski definition) is 2. The molecule has 0 aliphatic heterocycles. The Morgan fingerprint density at radius 3 is 2.65 bits per heavy atom. The molecule has 0 heterocycles. The molecule has 2 rings (SSSR count). The lowest BCUT2D eigenvalue weighted by molar-refractivity contribution is 0.0939. The molecule has 0 aliphatic rings. The highest BCUT2D eigenvalue weighted by molar-refractivity contribution is 9.11. The first-order valence-electron chi connectivity index (χ1n) is 6.08. The van der Waals surface area contributed by atoms with Crippen LogP contribution in [0.25, 0.3) is 0 Å². The van der Waals surface area contributed by atoms with Gasteiger partial charge in [0.1, 0.15) is 0 Å². The lowest BCUT2D eigenvalue weighted by Crippen LogP contribution is -2.27. The number of nitrogen functional groups attached to an aromatic ring is 1. The molecule has 0 saturated heterocycles. The van der Waals surface area contributed by atoms with Crippen molar-refractivity contribution in [1.82, 2.24) is 5.32 Å². The number of anilines is 1. The molecule has 0 spiro atoms. The number of amides is 1. The van der Waals surface area contributed by atoms with E-state index < -0.39 is 0 Å². The number of nitrogens with two attached hydrogens (primary N) is 1. The molecule has 0 saturated carbocycles. The third-order valence-electron chi connectivity index (χ3n) is 2.93. The van der Waals surface area contributed by atoms with Crippen molar-refractivity contribution >= 4 is 43.5 Å². The van der Waals surface area contributed by atoms with Gasteiger partial charge in [-0.25, -0.2) is 0 Å². The minimum atomic E-state index is -0.131. The van der Waals surface area contributed by atoms with Crippen molar-refractivity contribution in [2.45, 2.75) is 13.0 Å². The van der Waals surface area contributed by atoms with Crippen molar-refractivity contribution < 1.29 is 4.79 Å². The molecule has 5 heteroatoms. The summed E-state index contributed by atoms with van der Waals surface area (Å²) in [5.41, 5.74) is 8.01. The molecule has 2 aromatic rings. The lowest BCUT2D eigenvalue weighted by Gasteiger charge is -2.15. The average molecular weight is 398 g/mol. The predicted molar refractivity (Wildman–Crippen MR) is 88.6 cm³/mol. The Hall–Kier alpha value is -1.33. The Labute approximate surface area is 134 Å². The van der Waals surface area contributed by atoms with Gasteiger partial charge in [-0.05, 0) is 58.7 Å². The number of benzene rings is 2. The molecule has 0 fully saturated rings. The van der Waals surface area contributed by atoms with Crippen molar-refractivity contribution in [3.63, 3.8) is 0 Å². The predicted octanol–water partition coefficient (Wildman–Crippen LogP) is 4.28. The summed E-state index contributed by atoms with van der Waals surface area (Å²) in [5, 5.41) is 2.96. The third kappa shape index (κ3) is 3.61. The highest BCUT2D eigenvalue weighted by Gasteiger charge is 2.14. The molecule has 0 aliphatic carbocycles. The van der Waals surface area contributed by atoms with E-state index in [0.717, 1.165) is 14.5 Å². The van der Waals surface area contributed by atoms with Gasteiger partial charge in [-0.1, -0.05) is 28.1 Å². The van der Waals surface area contributed by atoms with Crippen LogP contribution in [-0.2, 0) is 0 Å². The maximum Gasteiger partial charge on any atom is 0.252 e. The van der Waals surface area contributed by atoms with Crippen LogP contribution in [-0.4, -0.2) is 5.91 Å². The fourth-order valence-corrected chi connectivity index (χ4v) is 2.65. The second-order valence-corrected chi connectivity index (χ2v) is 6.26. The maximum atomic E-state index is 12.3. The molecule has 1 amide bonds. The summed E-state index contributed by atoms with van der Waals surface area (Å²) in [6.07, 6.45) is 0. The first-order chi connectivity index (χ1) is 9.47. The van der Waals surface area contributed by atoms with Crippen LogP contribution in [0.1, 0.15) is 28.9 Å². The van der Waals surface area contributed by atoms with Gasteiger partial charge >= 0.3 is 0 Å². The molecule has 3 N–H and O–H groups in total. The largest absolute Gasteiger partial charge is 0.399 e. The topological polar surface area (TPSA) is 55.1 Å². The molecule has 2 aromatic carbocycles. The van der Waals surface area contributed by atoms with Gasteiger partial charge in [0.15, 0.2) is 0 Å². The van der Waals surface area contributed by atoms with Crippen molar-refractivity contribution in [1.29, 1.82) is 0 Å². The van der Waals surface area contributed by atoms with Gasteiger partial charge in [0.05, 0.1) is 11.6 Å². The van der Waals surface area contributed by atoms with E-state index in [1.165, 1.54) is 0 Å². The smallest absolute Gasteiger partial charge is 0.252 e. The highest BCUT2D eigenvalue weighted by Crippen LogP contribution is 2.23. The van der Waals surface area contributed by atoms with Gasteiger partial charge in [-0.15, -0.1) is 0 Å². The van der Waals surface area contributed by atoms with Crippen LogP contribution in [0.5, 0.6) is 0 Å².